The molecule has 0 unspecified atom stereocenters. The Labute approximate surface area is 154 Å². The van der Waals surface area contributed by atoms with Crippen molar-refractivity contribution in [3.63, 3.8) is 0 Å². The molecule has 0 spiro atoms. The first-order valence-corrected chi connectivity index (χ1v) is 12.4. The summed E-state index contributed by atoms with van der Waals surface area (Å²) in [6, 6.07) is 8.78. The molecule has 0 fully saturated rings. The van der Waals surface area contributed by atoms with Gasteiger partial charge in [0.2, 0.25) is 0 Å². The molecule has 0 amide bonds. The van der Waals surface area contributed by atoms with Crippen LogP contribution in [0.1, 0.15) is 39.5 Å². The van der Waals surface area contributed by atoms with Crippen LogP contribution in [0.15, 0.2) is 39.6 Å². The zero-order valence-electron chi connectivity index (χ0n) is 14.4. The quantitative estimate of drug-likeness (QED) is 0.635. The SMILES string of the molecule is CCCCS(=O)(=O)c1nsc(S(=O)(=O)CCCC)c1-c1ccccc1. The third-order valence-electron chi connectivity index (χ3n) is 3.80. The van der Waals surface area contributed by atoms with Gasteiger partial charge in [0.25, 0.3) is 0 Å². The number of hydrogen-bond donors (Lipinski definition) is 0. The summed E-state index contributed by atoms with van der Waals surface area (Å²) in [7, 11) is -7.20. The van der Waals surface area contributed by atoms with Gasteiger partial charge in [0, 0.05) is 0 Å². The lowest BCUT2D eigenvalue weighted by atomic mass is 10.1. The zero-order valence-corrected chi connectivity index (χ0v) is 16.9. The van der Waals surface area contributed by atoms with E-state index in [0.29, 0.717) is 18.4 Å². The summed E-state index contributed by atoms with van der Waals surface area (Å²) in [5.74, 6) is -0.0263. The van der Waals surface area contributed by atoms with E-state index in [1.165, 1.54) is 0 Å². The molecule has 1 aromatic carbocycles. The summed E-state index contributed by atoms with van der Waals surface area (Å²) >= 11 is 0.772. The molecule has 138 valence electrons. The number of benzene rings is 1. The highest BCUT2D eigenvalue weighted by atomic mass is 32.2. The largest absolute Gasteiger partial charge is 0.223 e. The average Bonchev–Trinajstić information content (AvgIpc) is 3.06. The van der Waals surface area contributed by atoms with Crippen LogP contribution >= 0.6 is 11.5 Å². The molecule has 0 radical (unpaired) electrons. The molecular weight excluding hydrogens is 378 g/mol. The minimum Gasteiger partial charge on any atom is -0.223 e. The fourth-order valence-corrected chi connectivity index (χ4v) is 7.24. The van der Waals surface area contributed by atoms with Crippen LogP contribution in [0.4, 0.5) is 0 Å². The van der Waals surface area contributed by atoms with Gasteiger partial charge in [-0.25, -0.2) is 16.8 Å². The first-order chi connectivity index (χ1) is 11.8. The monoisotopic (exact) mass is 401 g/mol. The summed E-state index contributed by atoms with van der Waals surface area (Å²) < 4.78 is 54.9. The average molecular weight is 402 g/mol. The minimum absolute atomic E-state index is 0.0000253. The van der Waals surface area contributed by atoms with Crippen molar-refractivity contribution in [2.24, 2.45) is 0 Å². The number of rotatable bonds is 9. The van der Waals surface area contributed by atoms with E-state index < -0.39 is 19.7 Å². The highest BCUT2D eigenvalue weighted by Gasteiger charge is 2.31. The number of hydrogen-bond acceptors (Lipinski definition) is 6. The van der Waals surface area contributed by atoms with Crippen molar-refractivity contribution >= 4 is 31.2 Å². The van der Waals surface area contributed by atoms with Crippen molar-refractivity contribution < 1.29 is 16.8 Å². The number of nitrogens with zero attached hydrogens (tertiary/aromatic N) is 1. The maximum absolute atomic E-state index is 12.7. The minimum atomic E-state index is -3.63. The van der Waals surface area contributed by atoms with Crippen LogP contribution in [0.5, 0.6) is 0 Å². The lowest BCUT2D eigenvalue weighted by Crippen LogP contribution is -2.10. The second kappa shape index (κ2) is 8.42. The smallest absolute Gasteiger partial charge is 0.197 e. The van der Waals surface area contributed by atoms with Gasteiger partial charge in [0.05, 0.1) is 17.1 Å². The predicted octanol–water partition coefficient (Wildman–Crippen LogP) is 3.96. The summed E-state index contributed by atoms with van der Waals surface area (Å²) in [5, 5.41) is -0.104. The van der Waals surface area contributed by atoms with Crippen molar-refractivity contribution in [3.05, 3.63) is 30.3 Å². The number of aromatic nitrogens is 1. The molecule has 8 heteroatoms. The van der Waals surface area contributed by atoms with Crippen LogP contribution in [0.2, 0.25) is 0 Å². The third kappa shape index (κ3) is 4.68. The highest BCUT2D eigenvalue weighted by Crippen LogP contribution is 2.37. The Hall–Kier alpha value is -1.25. The molecule has 2 rings (SSSR count). The fraction of sp³-hybridized carbons (Fsp3) is 0.471. The lowest BCUT2D eigenvalue weighted by Gasteiger charge is -2.08. The molecule has 0 N–H and O–H groups in total. The second-order valence-electron chi connectivity index (χ2n) is 5.86. The molecular formula is C17H23NO4S3. The van der Waals surface area contributed by atoms with E-state index in [9.17, 15) is 16.8 Å². The maximum Gasteiger partial charge on any atom is 0.197 e. The van der Waals surface area contributed by atoms with Crippen molar-refractivity contribution in [2.75, 3.05) is 11.5 Å². The van der Waals surface area contributed by atoms with Crippen LogP contribution in [0.25, 0.3) is 11.1 Å². The van der Waals surface area contributed by atoms with Crippen LogP contribution < -0.4 is 0 Å². The Morgan fingerprint density at radius 1 is 0.880 bits per heavy atom. The molecule has 0 aliphatic rings. The Morgan fingerprint density at radius 3 is 2.00 bits per heavy atom. The van der Waals surface area contributed by atoms with Crippen molar-refractivity contribution in [2.45, 2.75) is 48.8 Å². The van der Waals surface area contributed by atoms with Gasteiger partial charge in [0.1, 0.15) is 4.21 Å². The van der Waals surface area contributed by atoms with Crippen molar-refractivity contribution in [1.29, 1.82) is 0 Å². The van der Waals surface area contributed by atoms with Gasteiger partial charge in [-0.05, 0) is 29.9 Å². The summed E-state index contributed by atoms with van der Waals surface area (Å²) in [5.41, 5.74) is 0.805. The van der Waals surface area contributed by atoms with E-state index in [-0.39, 0.29) is 26.3 Å². The third-order valence-corrected chi connectivity index (χ3v) is 8.85. The van der Waals surface area contributed by atoms with E-state index >= 15 is 0 Å². The van der Waals surface area contributed by atoms with Crippen molar-refractivity contribution in [1.82, 2.24) is 4.37 Å². The fourth-order valence-electron chi connectivity index (χ4n) is 2.39. The molecule has 0 aliphatic heterocycles. The predicted molar refractivity (Wildman–Crippen MR) is 101 cm³/mol. The standard InChI is InChI=1S/C17H23NO4S3/c1-3-5-12-24(19,20)16-15(14-10-8-7-9-11-14)17(23-18-16)25(21,22)13-6-4-2/h7-11H,3-6,12-13H2,1-2H3. The molecule has 0 atom stereocenters. The van der Waals surface area contributed by atoms with Crippen molar-refractivity contribution in [3.8, 4) is 11.1 Å². The summed E-state index contributed by atoms with van der Waals surface area (Å²) in [6.45, 7) is 3.83. The van der Waals surface area contributed by atoms with E-state index in [2.05, 4.69) is 4.37 Å². The van der Waals surface area contributed by atoms with Gasteiger partial charge in [-0.2, -0.15) is 4.37 Å². The summed E-state index contributed by atoms with van der Waals surface area (Å²) in [4.78, 5) is 0. The Balaban J connectivity index is 2.64. The molecule has 0 saturated carbocycles. The van der Waals surface area contributed by atoms with E-state index in [1.807, 2.05) is 13.8 Å². The molecule has 1 aromatic heterocycles. The van der Waals surface area contributed by atoms with Crippen LogP contribution in [0, 0.1) is 0 Å². The molecule has 5 nitrogen and oxygen atoms in total. The van der Waals surface area contributed by atoms with Gasteiger partial charge in [0.15, 0.2) is 24.7 Å². The van der Waals surface area contributed by atoms with Gasteiger partial charge >= 0.3 is 0 Å². The zero-order chi connectivity index (χ0) is 18.5. The van der Waals surface area contributed by atoms with Crippen LogP contribution in [0.3, 0.4) is 0 Å². The van der Waals surface area contributed by atoms with E-state index in [0.717, 1.165) is 24.4 Å². The lowest BCUT2D eigenvalue weighted by molar-refractivity contribution is 0.590. The summed E-state index contributed by atoms with van der Waals surface area (Å²) in [6.07, 6.45) is 2.55. The number of unbranched alkanes of at least 4 members (excludes halogenated alkanes) is 2. The Morgan fingerprint density at radius 2 is 1.44 bits per heavy atom. The highest BCUT2D eigenvalue weighted by molar-refractivity contribution is 7.94. The molecule has 2 aromatic rings. The van der Waals surface area contributed by atoms with Gasteiger partial charge < -0.3 is 0 Å². The molecule has 0 saturated heterocycles. The molecule has 25 heavy (non-hydrogen) atoms. The second-order valence-corrected chi connectivity index (χ2v) is 11.0. The first-order valence-electron chi connectivity index (χ1n) is 8.34. The maximum atomic E-state index is 12.7. The molecule has 1 heterocycles. The Kier molecular flexibility index (Phi) is 6.76. The topological polar surface area (TPSA) is 81.2 Å². The number of sulfone groups is 2. The van der Waals surface area contributed by atoms with Gasteiger partial charge in [-0.1, -0.05) is 57.0 Å². The van der Waals surface area contributed by atoms with Crippen LogP contribution in [-0.4, -0.2) is 32.7 Å². The van der Waals surface area contributed by atoms with Gasteiger partial charge in [-0.15, -0.1) is 0 Å². The first kappa shape index (κ1) is 20.1. The van der Waals surface area contributed by atoms with Crippen LogP contribution in [-0.2, 0) is 19.7 Å². The van der Waals surface area contributed by atoms with E-state index in [4.69, 9.17) is 0 Å². The van der Waals surface area contributed by atoms with E-state index in [1.54, 1.807) is 30.3 Å². The normalized spacial score (nSPS) is 12.4. The van der Waals surface area contributed by atoms with Gasteiger partial charge in [-0.3, -0.25) is 0 Å². The molecule has 0 aliphatic carbocycles. The molecule has 0 bridgehead atoms. The Bertz CT molecular complexity index is 845.